The molecule has 0 bridgehead atoms. The van der Waals surface area contributed by atoms with Gasteiger partial charge in [0.1, 0.15) is 73.1 Å². The maximum absolute atomic E-state index is 13.8. The number of hydrogen-bond donors (Lipinski definition) is 12. The molecule has 7 atom stereocenters. The number of benzene rings is 2. The second kappa shape index (κ2) is 84.9. The standard InChI is InChI=1S/C65H103N7O19.C41H66N2O13.2H2/c1-8-52(44(2)3)62(80)72-61(45(4)5)65(85)91-57(38-49-39-66-43-70-49)56(76)40-69-53(55(75)37-46(6)47(7)73)20-15-16-28-67-59(78)41-89-36-34-87-32-29-68-60(79)42-88-35-33-86-30-18-19-50(74)24-27-54(64(83)84)71-58(77)21-14-12-10-9-11-13-17-31-90-51-25-22-48(23-26-51)63(81)82;1-2-3-10-21-42-39(47)32-55-29-26-52-23-12-14-36(45)31-54-28-27-53-25-22-43-38(46)20-17-34(41(50)51)30-35(44)13-9-7-5-4-6-8-11-24-56-37-18-15-33(16-19-37)40(48)49;;/h22-23,25-26,39,43-46,52-54,57,61,69H,8-21,24,27-38,40-42H2,1-7H3,(H,66,70)(H,67,78)(H,68,79)(H,71,77)(H,72,80)(H,81,82)(H,83,84);15-16,18-19,34H,2-14,17,20-32H2,1H3,(H,42,47)(H,43,46)(H,48,49)(H,50,51);2*1H/t46-,52+,53+,54+,57+,61+;34-;;/m11../s1. The first kappa shape index (κ1) is 132. The number of carboxylic acids is 4. The minimum atomic E-state index is -1.28. The Morgan fingerprint density at radius 2 is 0.857 bits per heavy atom. The molecule has 1 heterocycles. The van der Waals surface area contributed by atoms with Crippen molar-refractivity contribution in [2.75, 3.05) is 152 Å². The van der Waals surface area contributed by atoms with Crippen LogP contribution in [0.5, 0.6) is 11.5 Å². The predicted molar refractivity (Wildman–Crippen MR) is 549 cm³/mol. The number of carbonyl (C=O) groups excluding carboxylic acids is 13. The molecule has 2 aromatic carbocycles. The molecule has 0 fully saturated rings. The summed E-state index contributed by atoms with van der Waals surface area (Å²) in [4.78, 5) is 216. The first-order valence-electron chi connectivity index (χ1n) is 52.3. The van der Waals surface area contributed by atoms with Crippen molar-refractivity contribution in [3.8, 4) is 11.5 Å². The number of aromatic carboxylic acids is 2. The fourth-order valence-corrected chi connectivity index (χ4v) is 14.8. The summed E-state index contributed by atoms with van der Waals surface area (Å²) in [5, 5.41) is 56.4. The fourth-order valence-electron chi connectivity index (χ4n) is 14.8. The number of Topliss-reactive ketones (excluding diaryl/α,β-unsaturated/α-hetero) is 6. The number of imidazole rings is 1. The van der Waals surface area contributed by atoms with E-state index in [9.17, 15) is 91.7 Å². The number of H-pyrrole nitrogens is 1. The smallest absolute Gasteiger partial charge is 0.335 e. The zero-order chi connectivity index (χ0) is 108. The van der Waals surface area contributed by atoms with Gasteiger partial charge in [-0.3, -0.25) is 62.3 Å². The fraction of sp³-hybridized carbons (Fsp3) is 0.698. The third kappa shape index (κ3) is 69.8. The van der Waals surface area contributed by atoms with Crippen molar-refractivity contribution in [1.29, 1.82) is 0 Å². The molecule has 147 heavy (non-hydrogen) atoms. The molecule has 3 aromatic rings. The summed E-state index contributed by atoms with van der Waals surface area (Å²) in [5.41, 5.74) is 0.959. The number of carboxylic acid groups (broad SMARTS) is 4. The van der Waals surface area contributed by atoms with Crippen molar-refractivity contribution < 1.29 is 157 Å². The molecule has 12 N–H and O–H groups in total. The van der Waals surface area contributed by atoms with Crippen molar-refractivity contribution >= 4 is 100.0 Å². The van der Waals surface area contributed by atoms with Gasteiger partial charge in [-0.05, 0) is 151 Å². The van der Waals surface area contributed by atoms with E-state index < -0.39 is 71.7 Å². The Bertz CT molecular complexity index is 4250. The van der Waals surface area contributed by atoms with Gasteiger partial charge < -0.3 is 115 Å². The molecule has 1 aromatic heterocycles. The molecule has 0 aliphatic heterocycles. The predicted octanol–water partition coefficient (Wildman–Crippen LogP) is 11.1. The Balaban J connectivity index is 0.00000324. The van der Waals surface area contributed by atoms with E-state index in [1.54, 1.807) is 45.0 Å². The Labute approximate surface area is 868 Å². The van der Waals surface area contributed by atoms with E-state index in [-0.39, 0.29) is 272 Å². The molecule has 834 valence electrons. The number of aromatic amines is 1. The second-order valence-corrected chi connectivity index (χ2v) is 36.9. The van der Waals surface area contributed by atoms with Crippen molar-refractivity contribution in [3.05, 3.63) is 77.9 Å². The number of nitrogens with zero attached hydrogens (tertiary/aromatic N) is 1. The average Bonchev–Trinajstić information content (AvgIpc) is 1.38. The zero-order valence-corrected chi connectivity index (χ0v) is 87.9. The quantitative estimate of drug-likeness (QED) is 0.0184. The molecule has 0 spiro atoms. The number of amides is 6. The molecular formula is C106H173N9O32. The van der Waals surface area contributed by atoms with Gasteiger partial charge >= 0.3 is 29.8 Å². The van der Waals surface area contributed by atoms with Gasteiger partial charge in [-0.15, -0.1) is 0 Å². The van der Waals surface area contributed by atoms with Crippen LogP contribution in [0.15, 0.2) is 61.1 Å². The Hall–Kier alpha value is -10.9. The second-order valence-electron chi connectivity index (χ2n) is 36.9. The first-order valence-corrected chi connectivity index (χ1v) is 52.3. The van der Waals surface area contributed by atoms with Gasteiger partial charge in [-0.2, -0.15) is 0 Å². The molecule has 0 unspecified atom stereocenters. The van der Waals surface area contributed by atoms with Gasteiger partial charge in [0.2, 0.25) is 35.4 Å². The largest absolute Gasteiger partial charge is 0.494 e. The zero-order valence-electron chi connectivity index (χ0n) is 87.9. The Kier molecular flexibility index (Phi) is 76.4. The number of unbranched alkanes of at least 4 members (excludes halogenated alkanes) is 15. The van der Waals surface area contributed by atoms with Crippen LogP contribution in [-0.2, 0) is 121 Å². The molecule has 6 amide bonds. The van der Waals surface area contributed by atoms with Gasteiger partial charge in [0.25, 0.3) is 0 Å². The van der Waals surface area contributed by atoms with Gasteiger partial charge in [0.15, 0.2) is 17.7 Å². The minimum absolute atomic E-state index is 0. The lowest BCUT2D eigenvalue weighted by Crippen LogP contribution is -2.50. The summed E-state index contributed by atoms with van der Waals surface area (Å²) >= 11 is 0. The van der Waals surface area contributed by atoms with E-state index in [0.29, 0.717) is 115 Å². The van der Waals surface area contributed by atoms with Crippen molar-refractivity contribution in [2.45, 2.75) is 298 Å². The van der Waals surface area contributed by atoms with Crippen LogP contribution in [0.1, 0.15) is 297 Å². The number of hydrogen-bond acceptors (Lipinski definition) is 30. The van der Waals surface area contributed by atoms with E-state index in [1.165, 1.54) is 43.7 Å². The number of esters is 1. The lowest BCUT2D eigenvalue weighted by molar-refractivity contribution is -0.159. The molecule has 0 aliphatic carbocycles. The maximum atomic E-state index is 13.8. The highest BCUT2D eigenvalue weighted by atomic mass is 16.6. The van der Waals surface area contributed by atoms with Crippen LogP contribution in [0.2, 0.25) is 0 Å². The van der Waals surface area contributed by atoms with E-state index in [4.69, 9.17) is 62.3 Å². The van der Waals surface area contributed by atoms with Crippen LogP contribution in [0.3, 0.4) is 0 Å². The summed E-state index contributed by atoms with van der Waals surface area (Å²) in [6.45, 7) is 19.0. The van der Waals surface area contributed by atoms with Crippen LogP contribution < -0.4 is 46.7 Å². The monoisotopic (exact) mass is 2080 g/mol. The number of aliphatic carboxylic acids is 2. The molecule has 0 saturated carbocycles. The molecular weight excluding hydrogens is 1910 g/mol. The Morgan fingerprint density at radius 3 is 1.33 bits per heavy atom. The van der Waals surface area contributed by atoms with Crippen LogP contribution in [0.25, 0.3) is 0 Å². The number of ketones is 6. The van der Waals surface area contributed by atoms with E-state index >= 15 is 0 Å². The lowest BCUT2D eigenvalue weighted by atomic mass is 9.91. The summed E-state index contributed by atoms with van der Waals surface area (Å²) < 4.78 is 60.2. The molecule has 3 rings (SSSR count). The summed E-state index contributed by atoms with van der Waals surface area (Å²) in [7, 11) is 0. The van der Waals surface area contributed by atoms with E-state index in [1.807, 2.05) is 20.8 Å². The third-order valence-electron chi connectivity index (χ3n) is 23.7. The molecule has 41 nitrogen and oxygen atoms in total. The molecule has 41 heteroatoms. The first-order chi connectivity index (χ1) is 70.6. The lowest BCUT2D eigenvalue weighted by Gasteiger charge is -2.27. The van der Waals surface area contributed by atoms with Gasteiger partial charge in [0, 0.05) is 124 Å². The van der Waals surface area contributed by atoms with Gasteiger partial charge in [0.05, 0.1) is 115 Å². The average molecular weight is 2090 g/mol. The van der Waals surface area contributed by atoms with Crippen LogP contribution in [-0.4, -0.2) is 306 Å². The number of nitrogens with one attached hydrogen (secondary N) is 8. The SMILES string of the molecule is CCCCCNC(=O)COCCOCCCC(=O)COCCOCCNC(=O)CC[C@H](CC(=O)CCCCCCCCCOc1ccc(C(=O)O)cc1)C(=O)O.CC[C@H](C(=O)N[C@H](C(=O)O[C@@H](Cc1cnc[nH]1)C(=O)CN[C@@H](CCCCNC(=O)COCCOCCNC(=O)COCCOCCCC(=O)CC[C@H](NC(=O)CCCCCCCCCOc1ccc(C(=O)O)cc1)C(=O)O)C(=O)C[C@@H](C)C(C)=O)C(C)C)C(C)C.[HH].[HH]. The normalized spacial score (nSPS) is 12.6. The minimum Gasteiger partial charge on any atom is -0.494 e. The van der Waals surface area contributed by atoms with Crippen molar-refractivity contribution in [1.82, 2.24) is 47.2 Å². The summed E-state index contributed by atoms with van der Waals surface area (Å²) in [6, 6.07) is 9.62. The van der Waals surface area contributed by atoms with Crippen LogP contribution >= 0.6 is 0 Å². The third-order valence-corrected chi connectivity index (χ3v) is 23.7. The highest BCUT2D eigenvalue weighted by Crippen LogP contribution is 2.23. The maximum Gasteiger partial charge on any atom is 0.335 e. The van der Waals surface area contributed by atoms with Crippen molar-refractivity contribution in [2.24, 2.45) is 29.6 Å². The number of aromatic nitrogens is 2. The number of ether oxygens (including phenoxy) is 11. The van der Waals surface area contributed by atoms with Crippen LogP contribution in [0.4, 0.5) is 0 Å². The van der Waals surface area contributed by atoms with Crippen LogP contribution in [0, 0.1) is 29.6 Å². The van der Waals surface area contributed by atoms with E-state index in [2.05, 4.69) is 54.1 Å². The summed E-state index contributed by atoms with van der Waals surface area (Å²) in [6.07, 6.45) is 21.3. The topological polar surface area (TPSA) is 586 Å². The molecule has 0 radical (unpaired) electrons. The molecule has 0 saturated heterocycles. The van der Waals surface area contributed by atoms with Gasteiger partial charge in [-0.1, -0.05) is 126 Å². The number of carbonyl (C=O) groups is 17. The summed E-state index contributed by atoms with van der Waals surface area (Å²) in [5.74, 6) is -8.84. The number of rotatable bonds is 95. The van der Waals surface area contributed by atoms with Crippen molar-refractivity contribution in [3.63, 3.8) is 0 Å². The Morgan fingerprint density at radius 1 is 0.395 bits per heavy atom. The molecule has 0 aliphatic rings. The van der Waals surface area contributed by atoms with Gasteiger partial charge in [-0.25, -0.2) is 24.2 Å². The highest BCUT2D eigenvalue weighted by molar-refractivity contribution is 5.93. The van der Waals surface area contributed by atoms with E-state index in [0.717, 1.165) is 96.3 Å². The highest BCUT2D eigenvalue weighted by Gasteiger charge is 2.35.